The number of anilines is 1. The van der Waals surface area contributed by atoms with Crippen LogP contribution in [0.1, 0.15) is 31.0 Å². The summed E-state index contributed by atoms with van der Waals surface area (Å²) in [6.07, 6.45) is 3.49. The van der Waals surface area contributed by atoms with Crippen LogP contribution in [0.15, 0.2) is 121 Å². The molecule has 0 N–H and O–H groups in total. The number of para-hydroxylation sites is 1. The molecule has 4 rings (SSSR count). The molecule has 0 heterocycles. The number of carbonyl (C=O) groups excluding carboxylic acids is 1. The predicted octanol–water partition coefficient (Wildman–Crippen LogP) is 6.42. The number of hydrogen-bond acceptors (Lipinski definition) is 1. The molecule has 0 aliphatic rings. The van der Waals surface area contributed by atoms with Gasteiger partial charge in [0.1, 0.15) is 0 Å². The molecule has 1 atom stereocenters. The van der Waals surface area contributed by atoms with Gasteiger partial charge in [0.15, 0.2) is 0 Å². The van der Waals surface area contributed by atoms with E-state index in [1.807, 2.05) is 36.1 Å². The zero-order valence-corrected chi connectivity index (χ0v) is 20.8. The first-order chi connectivity index (χ1) is 16.6. The first kappa shape index (κ1) is 23.7. The van der Waals surface area contributed by atoms with Gasteiger partial charge < -0.3 is 4.90 Å². The maximum Gasteiger partial charge on any atom is 0.251 e. The number of aryl methyl sites for hydroxylation is 1. The van der Waals surface area contributed by atoms with E-state index in [0.29, 0.717) is 0 Å². The first-order valence-electron chi connectivity index (χ1n) is 11.6. The summed E-state index contributed by atoms with van der Waals surface area (Å²) in [5.74, 6) is -0.00882. The Morgan fingerprint density at radius 2 is 1.29 bits per heavy atom. The van der Waals surface area contributed by atoms with E-state index >= 15 is 0 Å². The summed E-state index contributed by atoms with van der Waals surface area (Å²) in [5.41, 5.74) is 3.21. The molecule has 34 heavy (non-hydrogen) atoms. The van der Waals surface area contributed by atoms with Gasteiger partial charge in [-0.1, -0.05) is 115 Å². The molecule has 0 radical (unpaired) electrons. The van der Waals surface area contributed by atoms with Gasteiger partial charge >= 0.3 is 0 Å². The molecule has 0 aliphatic carbocycles. The van der Waals surface area contributed by atoms with Crippen LogP contribution in [0.2, 0.25) is 0 Å². The predicted molar refractivity (Wildman–Crippen MR) is 147 cm³/mol. The average Bonchev–Trinajstić information content (AvgIpc) is 2.88. The van der Waals surface area contributed by atoms with E-state index in [0.717, 1.165) is 16.8 Å². The molecule has 0 aromatic heterocycles. The number of nitrogens with zero attached hydrogens (tertiary/aromatic N) is 1. The minimum Gasteiger partial charge on any atom is -0.301 e. The summed E-state index contributed by atoms with van der Waals surface area (Å²) in [5, 5.41) is 3.72. The Morgan fingerprint density at radius 3 is 1.82 bits per heavy atom. The fourth-order valence-electron chi connectivity index (χ4n) is 4.32. The van der Waals surface area contributed by atoms with Crippen molar-refractivity contribution in [3.8, 4) is 0 Å². The molecular weight excluding hydrogens is 433 g/mol. The Labute approximate surface area is 204 Å². The fourth-order valence-corrected chi connectivity index (χ4v) is 6.84. The van der Waals surface area contributed by atoms with E-state index in [-0.39, 0.29) is 11.9 Å². The molecule has 0 saturated heterocycles. The van der Waals surface area contributed by atoms with Crippen LogP contribution in [-0.4, -0.2) is 5.91 Å². The topological polar surface area (TPSA) is 20.3 Å². The summed E-state index contributed by atoms with van der Waals surface area (Å²) >= 11 is 0. The summed E-state index contributed by atoms with van der Waals surface area (Å²) in [6.45, 7) is 6.11. The van der Waals surface area contributed by atoms with Gasteiger partial charge in [0.2, 0.25) is 0 Å². The van der Waals surface area contributed by atoms with Crippen molar-refractivity contribution < 1.29 is 4.79 Å². The van der Waals surface area contributed by atoms with Crippen LogP contribution in [0.4, 0.5) is 5.69 Å². The maximum absolute atomic E-state index is 13.6. The number of benzene rings is 4. The van der Waals surface area contributed by atoms with E-state index < -0.39 is 7.92 Å². The van der Waals surface area contributed by atoms with Gasteiger partial charge in [-0.25, -0.2) is 0 Å². The molecule has 3 heteroatoms. The smallest absolute Gasteiger partial charge is 0.251 e. The van der Waals surface area contributed by atoms with Gasteiger partial charge in [-0.3, -0.25) is 4.79 Å². The highest BCUT2D eigenvalue weighted by Crippen LogP contribution is 2.40. The first-order valence-corrected chi connectivity index (χ1v) is 13.0. The standard InChI is InChI=1S/C31H30NOP/c1-4-15-30(33)32(25(3)26-17-8-5-9-18-26)31-24(2)16-14-23-29(31)34(27-19-10-6-11-20-27)28-21-12-7-13-22-28/h4-23,25H,1-3H3/b15-4+/t25-/m0/s1. The van der Waals surface area contributed by atoms with Crippen molar-refractivity contribution in [2.24, 2.45) is 0 Å². The Kier molecular flexibility index (Phi) is 7.72. The van der Waals surface area contributed by atoms with Crippen LogP contribution in [0, 0.1) is 6.92 Å². The third kappa shape index (κ3) is 5.03. The zero-order valence-electron chi connectivity index (χ0n) is 19.9. The molecule has 1 amide bonds. The van der Waals surface area contributed by atoms with Crippen molar-refractivity contribution >= 4 is 35.4 Å². The summed E-state index contributed by atoms with van der Waals surface area (Å²) in [4.78, 5) is 15.6. The third-order valence-corrected chi connectivity index (χ3v) is 8.41. The lowest BCUT2D eigenvalue weighted by molar-refractivity contribution is -0.114. The SMILES string of the molecule is C/C=C/C(=O)N(c1c(C)cccc1P(c1ccccc1)c1ccccc1)[C@@H](C)c1ccccc1. The van der Waals surface area contributed by atoms with Crippen LogP contribution in [0.5, 0.6) is 0 Å². The van der Waals surface area contributed by atoms with E-state index in [2.05, 4.69) is 105 Å². The van der Waals surface area contributed by atoms with Crippen molar-refractivity contribution in [1.82, 2.24) is 0 Å². The molecule has 170 valence electrons. The van der Waals surface area contributed by atoms with Crippen LogP contribution in [0.25, 0.3) is 0 Å². The number of rotatable bonds is 7. The van der Waals surface area contributed by atoms with Crippen LogP contribution < -0.4 is 20.8 Å². The average molecular weight is 464 g/mol. The molecule has 0 fully saturated rings. The maximum atomic E-state index is 13.6. The largest absolute Gasteiger partial charge is 0.301 e. The Balaban J connectivity index is 1.96. The second-order valence-electron chi connectivity index (χ2n) is 8.24. The van der Waals surface area contributed by atoms with Gasteiger partial charge in [0.25, 0.3) is 5.91 Å². The summed E-state index contributed by atoms with van der Waals surface area (Å²) in [7, 11) is -0.861. The van der Waals surface area contributed by atoms with E-state index in [1.165, 1.54) is 15.9 Å². The lowest BCUT2D eigenvalue weighted by Crippen LogP contribution is -2.37. The van der Waals surface area contributed by atoms with E-state index in [9.17, 15) is 4.79 Å². The van der Waals surface area contributed by atoms with Crippen molar-refractivity contribution in [1.29, 1.82) is 0 Å². The normalized spacial score (nSPS) is 12.1. The monoisotopic (exact) mass is 463 g/mol. The summed E-state index contributed by atoms with van der Waals surface area (Å²) in [6, 6.07) is 37.8. The van der Waals surface area contributed by atoms with Gasteiger partial charge in [0.05, 0.1) is 11.7 Å². The second kappa shape index (κ2) is 11.1. The van der Waals surface area contributed by atoms with Crippen LogP contribution in [0.3, 0.4) is 0 Å². The molecule has 0 spiro atoms. The number of amides is 1. The third-order valence-electron chi connectivity index (χ3n) is 5.94. The Hall–Kier alpha value is -3.48. The molecular formula is C31H30NOP. The summed E-state index contributed by atoms with van der Waals surface area (Å²) < 4.78 is 0. The fraction of sp³-hybridized carbons (Fsp3) is 0.129. The highest BCUT2D eigenvalue weighted by molar-refractivity contribution is 7.80. The van der Waals surface area contributed by atoms with Gasteiger partial charge in [-0.15, -0.1) is 0 Å². The lowest BCUT2D eigenvalue weighted by atomic mass is 10.0. The van der Waals surface area contributed by atoms with Crippen molar-refractivity contribution in [3.63, 3.8) is 0 Å². The van der Waals surface area contributed by atoms with Crippen LogP contribution in [-0.2, 0) is 4.79 Å². The Morgan fingerprint density at radius 1 is 0.765 bits per heavy atom. The molecule has 0 saturated carbocycles. The number of carbonyl (C=O) groups is 1. The van der Waals surface area contributed by atoms with Crippen molar-refractivity contribution in [3.05, 3.63) is 132 Å². The lowest BCUT2D eigenvalue weighted by Gasteiger charge is -2.34. The molecule has 0 unspecified atom stereocenters. The number of hydrogen-bond donors (Lipinski definition) is 0. The minimum absolute atomic E-state index is 0.00882. The van der Waals surface area contributed by atoms with Gasteiger partial charge in [-0.05, 0) is 56.5 Å². The molecule has 0 bridgehead atoms. The molecule has 2 nitrogen and oxygen atoms in total. The molecule has 4 aromatic rings. The van der Waals surface area contributed by atoms with Crippen molar-refractivity contribution in [2.75, 3.05) is 4.90 Å². The van der Waals surface area contributed by atoms with Crippen LogP contribution >= 0.6 is 7.92 Å². The molecule has 4 aromatic carbocycles. The molecule has 0 aliphatic heterocycles. The van der Waals surface area contributed by atoms with Crippen molar-refractivity contribution in [2.45, 2.75) is 26.8 Å². The van der Waals surface area contributed by atoms with E-state index in [4.69, 9.17) is 0 Å². The van der Waals surface area contributed by atoms with Gasteiger partial charge in [0, 0.05) is 5.30 Å². The minimum atomic E-state index is -0.861. The highest BCUT2D eigenvalue weighted by atomic mass is 31.1. The van der Waals surface area contributed by atoms with Gasteiger partial charge in [-0.2, -0.15) is 0 Å². The Bertz CT molecular complexity index is 1210. The quantitative estimate of drug-likeness (QED) is 0.229. The number of allylic oxidation sites excluding steroid dienone is 1. The highest BCUT2D eigenvalue weighted by Gasteiger charge is 2.29. The second-order valence-corrected chi connectivity index (χ2v) is 10.4. The van der Waals surface area contributed by atoms with E-state index in [1.54, 1.807) is 6.08 Å². The zero-order chi connectivity index (χ0) is 23.9.